The van der Waals surface area contributed by atoms with Crippen molar-refractivity contribution < 1.29 is 0 Å². The van der Waals surface area contributed by atoms with Gasteiger partial charge in [-0.15, -0.1) is 0 Å². The van der Waals surface area contributed by atoms with Gasteiger partial charge in [-0.3, -0.25) is 0 Å². The second-order valence-electron chi connectivity index (χ2n) is 19.8. The van der Waals surface area contributed by atoms with Gasteiger partial charge in [-0.05, 0) is 148 Å². The van der Waals surface area contributed by atoms with Crippen LogP contribution in [0.4, 0.5) is 22.7 Å². The van der Waals surface area contributed by atoms with Crippen LogP contribution in [0.5, 0.6) is 0 Å². The zero-order chi connectivity index (χ0) is 48.6. The van der Waals surface area contributed by atoms with E-state index in [1.165, 1.54) is 134 Å². The Bertz CT molecular complexity index is 3730. The highest BCUT2D eigenvalue weighted by Crippen LogP contribution is 2.63. The van der Waals surface area contributed by atoms with E-state index < -0.39 is 5.41 Å². The standard InChI is InChI=1S/C71H50N2/c1-72-67-17-9-3-11-53(67)33-35-55-37-39-57(45-69(55)72)51-29-23-47(24-30-51)19-21-49-27-41-61-62-42-28-50(44-66(62)71(65(61)43-49)63-15-7-5-13-59(63)60-14-6-8-16-64(60)71)22-20-48-25-31-52(32-26-48)58-40-38-56-36-34-54-12-4-10-18-68(54)73(2)70(56)46-58/h3-46H,1-2H3. The second-order valence-corrected chi connectivity index (χ2v) is 19.8. The summed E-state index contributed by atoms with van der Waals surface area (Å²) in [6, 6.07) is 81.0. The van der Waals surface area contributed by atoms with Crippen LogP contribution in [0.3, 0.4) is 0 Å². The van der Waals surface area contributed by atoms with Gasteiger partial charge in [0.2, 0.25) is 0 Å². The average molecular weight is 931 g/mol. The van der Waals surface area contributed by atoms with Crippen molar-refractivity contribution >= 4 is 71.4 Å². The smallest absolute Gasteiger partial charge is 0.0725 e. The molecule has 2 nitrogen and oxygen atoms in total. The van der Waals surface area contributed by atoms with Gasteiger partial charge in [-0.1, -0.05) is 231 Å². The average Bonchev–Trinajstić information content (AvgIpc) is 3.81. The molecule has 0 N–H and O–H groups in total. The first-order chi connectivity index (χ1) is 36.0. The number of fused-ring (bicyclic) bond motifs is 14. The summed E-state index contributed by atoms with van der Waals surface area (Å²) in [5.41, 5.74) is 29.4. The van der Waals surface area contributed by atoms with Crippen molar-refractivity contribution in [3.05, 3.63) is 285 Å². The number of para-hydroxylation sites is 2. The molecule has 0 atom stereocenters. The Hall–Kier alpha value is -9.24. The minimum atomic E-state index is -0.450. The van der Waals surface area contributed by atoms with Gasteiger partial charge < -0.3 is 9.80 Å². The lowest BCUT2D eigenvalue weighted by atomic mass is 9.70. The summed E-state index contributed by atoms with van der Waals surface area (Å²) in [5, 5.41) is 0. The summed E-state index contributed by atoms with van der Waals surface area (Å²) in [6.07, 6.45) is 17.9. The maximum atomic E-state index is 2.45. The quantitative estimate of drug-likeness (QED) is 0.153. The Labute approximate surface area is 428 Å². The van der Waals surface area contributed by atoms with E-state index in [1.807, 2.05) is 0 Å². The van der Waals surface area contributed by atoms with Crippen LogP contribution in [0.25, 0.3) is 93.1 Å². The predicted octanol–water partition coefficient (Wildman–Crippen LogP) is 18.2. The van der Waals surface area contributed by atoms with Crippen molar-refractivity contribution in [1.29, 1.82) is 0 Å². The van der Waals surface area contributed by atoms with Gasteiger partial charge >= 0.3 is 0 Å². The third-order valence-corrected chi connectivity index (χ3v) is 15.8. The van der Waals surface area contributed by atoms with Crippen molar-refractivity contribution in [2.24, 2.45) is 0 Å². The molecule has 2 heterocycles. The van der Waals surface area contributed by atoms with E-state index in [1.54, 1.807) is 0 Å². The molecule has 4 aliphatic rings. The van der Waals surface area contributed by atoms with Crippen LogP contribution in [0.2, 0.25) is 0 Å². The molecule has 0 radical (unpaired) electrons. The van der Waals surface area contributed by atoms with E-state index in [9.17, 15) is 0 Å². The topological polar surface area (TPSA) is 6.48 Å². The molecule has 0 unspecified atom stereocenters. The first-order valence-electron chi connectivity index (χ1n) is 25.3. The minimum absolute atomic E-state index is 0.450. The first kappa shape index (κ1) is 42.6. The van der Waals surface area contributed by atoms with Gasteiger partial charge in [0.1, 0.15) is 0 Å². The fourth-order valence-electron chi connectivity index (χ4n) is 12.1. The van der Waals surface area contributed by atoms with Gasteiger partial charge in [0, 0.05) is 36.8 Å². The molecule has 0 amide bonds. The SMILES string of the molecule is CN1c2ccccc2C=Cc2ccc(-c3ccc(C=Cc4ccc5c(c4)C4(c6ccccc6-c6ccccc64)c4cc(C=Cc6ccc(-c7ccc8c(c7)N(C)c7ccccc7C=C8)cc6)ccc4-5)cc3)cc21. The molecular weight excluding hydrogens is 881 g/mol. The number of benzene rings is 10. The Morgan fingerprint density at radius 2 is 0.616 bits per heavy atom. The van der Waals surface area contributed by atoms with Crippen molar-refractivity contribution in [2.75, 3.05) is 23.9 Å². The van der Waals surface area contributed by atoms with Gasteiger partial charge in [0.05, 0.1) is 5.41 Å². The van der Waals surface area contributed by atoms with E-state index in [2.05, 4.69) is 291 Å². The third-order valence-electron chi connectivity index (χ3n) is 15.8. The van der Waals surface area contributed by atoms with Crippen LogP contribution in [0, 0.1) is 0 Å². The van der Waals surface area contributed by atoms with Crippen LogP contribution >= 0.6 is 0 Å². The minimum Gasteiger partial charge on any atom is -0.344 e. The molecule has 10 aromatic carbocycles. The number of hydrogen-bond acceptors (Lipinski definition) is 2. The molecule has 1 spiro atoms. The Kier molecular flexibility index (Phi) is 9.91. The number of rotatable bonds is 6. The summed E-state index contributed by atoms with van der Waals surface area (Å²) in [7, 11) is 4.33. The predicted molar refractivity (Wildman–Crippen MR) is 311 cm³/mol. The molecule has 73 heavy (non-hydrogen) atoms. The zero-order valence-corrected chi connectivity index (χ0v) is 40.8. The maximum absolute atomic E-state index is 2.45. The van der Waals surface area contributed by atoms with E-state index in [0.717, 1.165) is 0 Å². The normalized spacial score (nSPS) is 14.0. The summed E-state index contributed by atoms with van der Waals surface area (Å²) < 4.78 is 0. The fourth-order valence-corrected chi connectivity index (χ4v) is 12.1. The lowest BCUT2D eigenvalue weighted by Crippen LogP contribution is -2.26. The highest BCUT2D eigenvalue weighted by Gasteiger charge is 2.51. The molecule has 0 saturated heterocycles. The number of hydrogen-bond donors (Lipinski definition) is 0. The molecule has 0 saturated carbocycles. The van der Waals surface area contributed by atoms with Crippen LogP contribution in [0.15, 0.2) is 218 Å². The van der Waals surface area contributed by atoms with E-state index in [-0.39, 0.29) is 0 Å². The second kappa shape index (κ2) is 17.0. The van der Waals surface area contributed by atoms with E-state index in [4.69, 9.17) is 0 Å². The highest BCUT2D eigenvalue weighted by molar-refractivity contribution is 5.97. The summed E-state index contributed by atoms with van der Waals surface area (Å²) in [6.45, 7) is 0. The molecular formula is C71H50N2. The van der Waals surface area contributed by atoms with Crippen molar-refractivity contribution in [3.8, 4) is 44.5 Å². The highest BCUT2D eigenvalue weighted by atomic mass is 15.1. The molecule has 2 heteroatoms. The Morgan fingerprint density at radius 3 is 1.07 bits per heavy atom. The molecule has 2 aliphatic carbocycles. The largest absolute Gasteiger partial charge is 0.344 e. The molecule has 10 aromatic rings. The monoisotopic (exact) mass is 930 g/mol. The molecule has 0 aromatic heterocycles. The molecule has 2 aliphatic heterocycles. The summed E-state index contributed by atoms with van der Waals surface area (Å²) in [5.74, 6) is 0. The Morgan fingerprint density at radius 1 is 0.274 bits per heavy atom. The van der Waals surface area contributed by atoms with Crippen LogP contribution in [0.1, 0.15) is 66.8 Å². The van der Waals surface area contributed by atoms with E-state index in [0.29, 0.717) is 0 Å². The first-order valence-corrected chi connectivity index (χ1v) is 25.3. The number of anilines is 4. The van der Waals surface area contributed by atoms with Crippen molar-refractivity contribution in [3.63, 3.8) is 0 Å². The number of nitrogens with zero attached hydrogens (tertiary/aromatic N) is 2. The van der Waals surface area contributed by atoms with E-state index >= 15 is 0 Å². The molecule has 0 bridgehead atoms. The summed E-state index contributed by atoms with van der Waals surface area (Å²) >= 11 is 0. The van der Waals surface area contributed by atoms with Crippen molar-refractivity contribution in [2.45, 2.75) is 5.41 Å². The lowest BCUT2D eigenvalue weighted by molar-refractivity contribution is 0.793. The molecule has 14 rings (SSSR count). The van der Waals surface area contributed by atoms with Gasteiger partial charge in [-0.2, -0.15) is 0 Å². The fraction of sp³-hybridized carbons (Fsp3) is 0.0423. The van der Waals surface area contributed by atoms with Crippen LogP contribution in [-0.2, 0) is 5.41 Å². The zero-order valence-electron chi connectivity index (χ0n) is 40.8. The summed E-state index contributed by atoms with van der Waals surface area (Å²) in [4.78, 5) is 4.61. The van der Waals surface area contributed by atoms with Gasteiger partial charge in [0.15, 0.2) is 0 Å². The third kappa shape index (κ3) is 6.94. The Balaban J connectivity index is 0.767. The van der Waals surface area contributed by atoms with Gasteiger partial charge in [-0.25, -0.2) is 0 Å². The van der Waals surface area contributed by atoms with Crippen molar-refractivity contribution in [1.82, 2.24) is 0 Å². The lowest BCUT2D eigenvalue weighted by Gasteiger charge is -2.30. The van der Waals surface area contributed by atoms with Crippen LogP contribution in [-0.4, -0.2) is 14.1 Å². The van der Waals surface area contributed by atoms with Gasteiger partial charge in [0.25, 0.3) is 0 Å². The maximum Gasteiger partial charge on any atom is 0.0725 e. The molecule has 344 valence electrons. The van der Waals surface area contributed by atoms with Crippen LogP contribution < -0.4 is 9.80 Å². The molecule has 0 fully saturated rings.